The molecule has 0 aliphatic heterocycles. The molecule has 7 heteroatoms. The third kappa shape index (κ3) is 4.65. The minimum atomic E-state index is -0.740. The second kappa shape index (κ2) is 7.92. The summed E-state index contributed by atoms with van der Waals surface area (Å²) in [6.45, 7) is 0. The van der Waals surface area contributed by atoms with Crippen molar-refractivity contribution >= 4 is 11.9 Å². The first-order valence-corrected chi connectivity index (χ1v) is 8.52. The molecule has 1 saturated carbocycles. The summed E-state index contributed by atoms with van der Waals surface area (Å²) in [6.07, 6.45) is 3.31. The van der Waals surface area contributed by atoms with E-state index in [9.17, 15) is 9.59 Å². The summed E-state index contributed by atoms with van der Waals surface area (Å²) < 4.78 is 5.58. The number of aromatic nitrogens is 2. The van der Waals surface area contributed by atoms with E-state index in [1.807, 2.05) is 30.3 Å². The fourth-order valence-corrected chi connectivity index (χ4v) is 3.06. The van der Waals surface area contributed by atoms with Crippen molar-refractivity contribution in [3.8, 4) is 11.5 Å². The maximum Gasteiger partial charge on any atom is 0.306 e. The van der Waals surface area contributed by atoms with Gasteiger partial charge in [-0.2, -0.15) is 0 Å². The van der Waals surface area contributed by atoms with Gasteiger partial charge in [0.05, 0.1) is 5.92 Å². The monoisotopic (exact) mass is 343 g/mol. The van der Waals surface area contributed by atoms with Crippen LogP contribution >= 0.6 is 0 Å². The van der Waals surface area contributed by atoms with Crippen LogP contribution in [0.2, 0.25) is 0 Å². The highest BCUT2D eigenvalue weighted by Crippen LogP contribution is 2.24. The summed E-state index contributed by atoms with van der Waals surface area (Å²) in [6, 6.07) is 9.53. The van der Waals surface area contributed by atoms with E-state index in [0.717, 1.165) is 5.56 Å². The lowest BCUT2D eigenvalue weighted by molar-refractivity contribution is -0.142. The van der Waals surface area contributed by atoms with Gasteiger partial charge in [-0.25, -0.2) is 0 Å². The van der Waals surface area contributed by atoms with E-state index in [4.69, 9.17) is 9.52 Å². The maximum absolute atomic E-state index is 12.1. The van der Waals surface area contributed by atoms with Crippen LogP contribution < -0.4 is 5.32 Å². The lowest BCUT2D eigenvalue weighted by atomic mass is 9.86. The van der Waals surface area contributed by atoms with Crippen LogP contribution in [-0.2, 0) is 16.0 Å². The van der Waals surface area contributed by atoms with Gasteiger partial charge in [-0.05, 0) is 37.8 Å². The Kier molecular flexibility index (Phi) is 5.42. The van der Waals surface area contributed by atoms with E-state index >= 15 is 0 Å². The number of carbonyl (C=O) groups is 2. The average Bonchev–Trinajstić information content (AvgIpc) is 3.10. The van der Waals surface area contributed by atoms with Crippen LogP contribution in [0.4, 0.5) is 0 Å². The molecular formula is C18H21N3O4. The fourth-order valence-electron chi connectivity index (χ4n) is 3.06. The molecule has 0 unspecified atom stereocenters. The zero-order valence-electron chi connectivity index (χ0n) is 13.9. The van der Waals surface area contributed by atoms with Gasteiger partial charge >= 0.3 is 5.97 Å². The molecule has 1 aliphatic rings. The van der Waals surface area contributed by atoms with Crippen LogP contribution in [0.5, 0.6) is 0 Å². The molecule has 132 valence electrons. The predicted molar refractivity (Wildman–Crippen MR) is 89.6 cm³/mol. The maximum atomic E-state index is 12.1. The van der Waals surface area contributed by atoms with Crippen LogP contribution in [0.1, 0.15) is 38.0 Å². The Morgan fingerprint density at radius 1 is 1.12 bits per heavy atom. The molecule has 7 nitrogen and oxygen atoms in total. The highest BCUT2D eigenvalue weighted by Gasteiger charge is 2.26. The van der Waals surface area contributed by atoms with E-state index in [2.05, 4.69) is 15.5 Å². The van der Waals surface area contributed by atoms with Crippen molar-refractivity contribution in [1.29, 1.82) is 0 Å². The highest BCUT2D eigenvalue weighted by atomic mass is 16.4. The quantitative estimate of drug-likeness (QED) is 0.834. The second-order valence-corrected chi connectivity index (χ2v) is 6.32. The molecule has 0 atom stereocenters. The van der Waals surface area contributed by atoms with Crippen LogP contribution in [0.15, 0.2) is 34.7 Å². The normalized spacial score (nSPS) is 20.2. The molecule has 1 heterocycles. The number of hydrogen-bond acceptors (Lipinski definition) is 5. The second-order valence-electron chi connectivity index (χ2n) is 6.32. The largest absolute Gasteiger partial charge is 0.481 e. The fraction of sp³-hybridized carbons (Fsp3) is 0.444. The first kappa shape index (κ1) is 17.1. The Balaban J connectivity index is 1.44. The third-order valence-corrected chi connectivity index (χ3v) is 4.50. The molecule has 0 saturated heterocycles. The Bertz CT molecular complexity index is 721. The smallest absolute Gasteiger partial charge is 0.306 e. The molecule has 1 aromatic carbocycles. The first-order valence-electron chi connectivity index (χ1n) is 8.52. The van der Waals surface area contributed by atoms with Crippen LogP contribution in [-0.4, -0.2) is 33.2 Å². The summed E-state index contributed by atoms with van der Waals surface area (Å²) in [5, 5.41) is 19.9. The Hall–Kier alpha value is -2.70. The molecular weight excluding hydrogens is 322 g/mol. The van der Waals surface area contributed by atoms with Gasteiger partial charge in [0.25, 0.3) is 0 Å². The van der Waals surface area contributed by atoms with E-state index in [1.165, 1.54) is 0 Å². The zero-order chi connectivity index (χ0) is 17.6. The Labute approximate surface area is 145 Å². The van der Waals surface area contributed by atoms with E-state index < -0.39 is 5.97 Å². The topological polar surface area (TPSA) is 105 Å². The van der Waals surface area contributed by atoms with Crippen molar-refractivity contribution in [2.24, 2.45) is 5.92 Å². The third-order valence-electron chi connectivity index (χ3n) is 4.50. The number of aryl methyl sites for hydroxylation is 1. The molecule has 1 amide bonds. The van der Waals surface area contributed by atoms with Gasteiger partial charge in [0, 0.05) is 24.4 Å². The standard InChI is InChI=1S/C18H21N3O4/c22-15(19-14-8-6-13(7-9-14)18(23)24)10-11-16-20-21-17(25-16)12-4-2-1-3-5-12/h1-5,13-14H,6-11H2,(H,19,22)(H,23,24). The van der Waals surface area contributed by atoms with Gasteiger partial charge in [-0.3, -0.25) is 9.59 Å². The summed E-state index contributed by atoms with van der Waals surface area (Å²) in [7, 11) is 0. The molecule has 0 spiro atoms. The van der Waals surface area contributed by atoms with Crippen molar-refractivity contribution in [3.05, 3.63) is 36.2 Å². The summed E-state index contributed by atoms with van der Waals surface area (Å²) in [5.74, 6) is -0.205. The Morgan fingerprint density at radius 2 is 1.84 bits per heavy atom. The molecule has 0 bridgehead atoms. The van der Waals surface area contributed by atoms with Gasteiger partial charge in [0.15, 0.2) is 0 Å². The van der Waals surface area contributed by atoms with Crippen molar-refractivity contribution < 1.29 is 19.1 Å². The summed E-state index contributed by atoms with van der Waals surface area (Å²) in [4.78, 5) is 23.0. The zero-order valence-corrected chi connectivity index (χ0v) is 13.9. The lowest BCUT2D eigenvalue weighted by Crippen LogP contribution is -2.38. The van der Waals surface area contributed by atoms with Crippen molar-refractivity contribution in [2.45, 2.75) is 44.6 Å². The SMILES string of the molecule is O=C(CCc1nnc(-c2ccccc2)o1)NC1CCC(C(=O)O)CC1. The molecule has 1 fully saturated rings. The molecule has 1 aliphatic carbocycles. The number of carboxylic acid groups (broad SMARTS) is 1. The van der Waals surface area contributed by atoms with Gasteiger partial charge in [0.2, 0.25) is 17.7 Å². The van der Waals surface area contributed by atoms with Crippen molar-refractivity contribution in [2.75, 3.05) is 0 Å². The number of amides is 1. The molecule has 3 rings (SSSR count). The van der Waals surface area contributed by atoms with E-state index in [-0.39, 0.29) is 24.3 Å². The van der Waals surface area contributed by atoms with Crippen LogP contribution in [0, 0.1) is 5.92 Å². The number of hydrogen-bond donors (Lipinski definition) is 2. The van der Waals surface area contributed by atoms with Gasteiger partial charge in [0.1, 0.15) is 0 Å². The Morgan fingerprint density at radius 3 is 2.52 bits per heavy atom. The number of rotatable bonds is 6. The molecule has 25 heavy (non-hydrogen) atoms. The van der Waals surface area contributed by atoms with Gasteiger partial charge < -0.3 is 14.8 Å². The highest BCUT2D eigenvalue weighted by molar-refractivity contribution is 5.76. The van der Waals surface area contributed by atoms with Gasteiger partial charge in [-0.1, -0.05) is 18.2 Å². The number of benzene rings is 1. The van der Waals surface area contributed by atoms with Crippen LogP contribution in [0.25, 0.3) is 11.5 Å². The predicted octanol–water partition coefficient (Wildman–Crippen LogP) is 2.43. The number of aliphatic carboxylic acids is 1. The molecule has 2 aromatic rings. The molecule has 2 N–H and O–H groups in total. The minimum absolute atomic E-state index is 0.0608. The van der Waals surface area contributed by atoms with Crippen molar-refractivity contribution in [1.82, 2.24) is 15.5 Å². The number of nitrogens with one attached hydrogen (secondary N) is 1. The average molecular weight is 343 g/mol. The summed E-state index contributed by atoms with van der Waals surface area (Å²) >= 11 is 0. The van der Waals surface area contributed by atoms with E-state index in [1.54, 1.807) is 0 Å². The van der Waals surface area contributed by atoms with Gasteiger partial charge in [-0.15, -0.1) is 10.2 Å². The number of nitrogens with zero attached hydrogens (tertiary/aromatic N) is 2. The molecule has 0 radical (unpaired) electrons. The molecule has 1 aromatic heterocycles. The first-order chi connectivity index (χ1) is 12.1. The minimum Gasteiger partial charge on any atom is -0.481 e. The lowest BCUT2D eigenvalue weighted by Gasteiger charge is -2.26. The van der Waals surface area contributed by atoms with Crippen LogP contribution in [0.3, 0.4) is 0 Å². The number of carboxylic acids is 1. The van der Waals surface area contributed by atoms with E-state index in [0.29, 0.717) is 43.9 Å². The van der Waals surface area contributed by atoms with Crippen molar-refractivity contribution in [3.63, 3.8) is 0 Å². The summed E-state index contributed by atoms with van der Waals surface area (Å²) in [5.41, 5.74) is 0.848. The number of carbonyl (C=O) groups excluding carboxylic acids is 1.